The van der Waals surface area contributed by atoms with Crippen LogP contribution in [0.15, 0.2) is 18.2 Å². The molecular formula is C17H27N3O. The number of carbonyl (C=O) groups is 1. The Bertz CT molecular complexity index is 501. The molecule has 4 nitrogen and oxygen atoms in total. The van der Waals surface area contributed by atoms with Crippen LogP contribution in [0.5, 0.6) is 0 Å². The van der Waals surface area contributed by atoms with Crippen LogP contribution in [-0.4, -0.2) is 29.4 Å². The van der Waals surface area contributed by atoms with Crippen LogP contribution in [-0.2, 0) is 17.8 Å². The summed E-state index contributed by atoms with van der Waals surface area (Å²) in [7, 11) is 0. The fourth-order valence-corrected chi connectivity index (χ4v) is 2.99. The number of amides is 1. The molecule has 4 heteroatoms. The van der Waals surface area contributed by atoms with Gasteiger partial charge in [0.25, 0.3) is 0 Å². The van der Waals surface area contributed by atoms with Crippen molar-refractivity contribution in [1.82, 2.24) is 10.2 Å². The molecule has 2 atom stereocenters. The number of hydrogen-bond acceptors (Lipinski definition) is 3. The number of hydrogen-bond donors (Lipinski definition) is 2. The van der Waals surface area contributed by atoms with Crippen molar-refractivity contribution in [1.29, 1.82) is 0 Å². The third-order valence-corrected chi connectivity index (χ3v) is 4.38. The van der Waals surface area contributed by atoms with Gasteiger partial charge in [-0.25, -0.2) is 0 Å². The van der Waals surface area contributed by atoms with Crippen molar-refractivity contribution in [2.75, 3.05) is 12.3 Å². The second-order valence-corrected chi connectivity index (χ2v) is 6.08. The van der Waals surface area contributed by atoms with E-state index < -0.39 is 0 Å². The highest BCUT2D eigenvalue weighted by molar-refractivity contribution is 5.81. The molecule has 1 aliphatic rings. The largest absolute Gasteiger partial charge is 0.398 e. The molecule has 0 bridgehead atoms. The zero-order valence-corrected chi connectivity index (χ0v) is 13.4. The third-order valence-electron chi connectivity index (χ3n) is 4.38. The lowest BCUT2D eigenvalue weighted by molar-refractivity contribution is -0.126. The Hall–Kier alpha value is -1.55. The molecule has 0 saturated heterocycles. The molecule has 0 spiro atoms. The Balaban J connectivity index is 2.00. The predicted octanol–water partition coefficient (Wildman–Crippen LogP) is 2.32. The zero-order chi connectivity index (χ0) is 15.4. The molecule has 21 heavy (non-hydrogen) atoms. The molecule has 2 rings (SSSR count). The second-order valence-electron chi connectivity index (χ2n) is 6.08. The third kappa shape index (κ3) is 3.76. The molecule has 0 fully saturated rings. The molecule has 2 unspecified atom stereocenters. The zero-order valence-electron chi connectivity index (χ0n) is 13.4. The molecule has 1 aromatic rings. The van der Waals surface area contributed by atoms with E-state index in [0.717, 1.165) is 38.0 Å². The maximum atomic E-state index is 12.3. The van der Waals surface area contributed by atoms with E-state index >= 15 is 0 Å². The monoisotopic (exact) mass is 289 g/mol. The Morgan fingerprint density at radius 1 is 1.43 bits per heavy atom. The van der Waals surface area contributed by atoms with Crippen molar-refractivity contribution in [2.24, 2.45) is 0 Å². The first-order valence-electron chi connectivity index (χ1n) is 7.93. The minimum Gasteiger partial charge on any atom is -0.398 e. The summed E-state index contributed by atoms with van der Waals surface area (Å²) in [5, 5.41) is 3.10. The Labute approximate surface area is 127 Å². The Morgan fingerprint density at radius 3 is 2.90 bits per heavy atom. The van der Waals surface area contributed by atoms with E-state index in [9.17, 15) is 4.79 Å². The van der Waals surface area contributed by atoms with Crippen LogP contribution in [0, 0.1) is 0 Å². The molecule has 3 N–H and O–H groups in total. The molecule has 0 saturated carbocycles. The van der Waals surface area contributed by atoms with Crippen LogP contribution in [0.2, 0.25) is 0 Å². The molecule has 0 radical (unpaired) electrons. The highest BCUT2D eigenvalue weighted by Crippen LogP contribution is 2.25. The van der Waals surface area contributed by atoms with E-state index in [1.54, 1.807) is 0 Å². The number of nitrogens with zero attached hydrogens (tertiary/aromatic N) is 1. The van der Waals surface area contributed by atoms with Gasteiger partial charge in [-0.1, -0.05) is 25.5 Å². The molecule has 1 amide bonds. The topological polar surface area (TPSA) is 58.4 Å². The van der Waals surface area contributed by atoms with Crippen molar-refractivity contribution < 1.29 is 4.79 Å². The number of anilines is 1. The normalized spacial score (nSPS) is 17.9. The fraction of sp³-hybridized carbons (Fsp3) is 0.588. The van der Waals surface area contributed by atoms with Gasteiger partial charge >= 0.3 is 0 Å². The highest BCUT2D eigenvalue weighted by Gasteiger charge is 2.26. The van der Waals surface area contributed by atoms with Crippen LogP contribution < -0.4 is 11.1 Å². The van der Waals surface area contributed by atoms with Gasteiger partial charge in [-0.15, -0.1) is 0 Å². The van der Waals surface area contributed by atoms with Gasteiger partial charge in [0, 0.05) is 24.8 Å². The number of fused-ring (bicyclic) bond motifs is 1. The smallest absolute Gasteiger partial charge is 0.237 e. The van der Waals surface area contributed by atoms with E-state index in [0.29, 0.717) is 0 Å². The number of nitrogens with two attached hydrogens (primary N) is 1. The highest BCUT2D eigenvalue weighted by atomic mass is 16.2. The van der Waals surface area contributed by atoms with Crippen LogP contribution >= 0.6 is 0 Å². The van der Waals surface area contributed by atoms with Crippen LogP contribution in [0.1, 0.15) is 44.7 Å². The quantitative estimate of drug-likeness (QED) is 0.818. The van der Waals surface area contributed by atoms with Gasteiger partial charge in [0.05, 0.1) is 6.04 Å². The van der Waals surface area contributed by atoms with Crippen LogP contribution in [0.25, 0.3) is 0 Å². The summed E-state index contributed by atoms with van der Waals surface area (Å²) >= 11 is 0. The number of benzene rings is 1. The summed E-state index contributed by atoms with van der Waals surface area (Å²) in [6.07, 6.45) is 3.07. The Kier molecular flexibility index (Phi) is 5.23. The summed E-state index contributed by atoms with van der Waals surface area (Å²) in [5.74, 6) is 0.119. The van der Waals surface area contributed by atoms with Gasteiger partial charge in [0.15, 0.2) is 0 Å². The lowest BCUT2D eigenvalue weighted by Crippen LogP contribution is -2.49. The van der Waals surface area contributed by atoms with Crippen molar-refractivity contribution in [3.63, 3.8) is 0 Å². The van der Waals surface area contributed by atoms with E-state index in [1.165, 1.54) is 11.1 Å². The van der Waals surface area contributed by atoms with Crippen molar-refractivity contribution in [3.05, 3.63) is 29.3 Å². The van der Waals surface area contributed by atoms with Crippen LogP contribution in [0.4, 0.5) is 5.69 Å². The number of rotatable bonds is 5. The van der Waals surface area contributed by atoms with Gasteiger partial charge in [0.1, 0.15) is 0 Å². The molecule has 1 aromatic carbocycles. The number of nitrogens with one attached hydrogen (secondary N) is 1. The van der Waals surface area contributed by atoms with Gasteiger partial charge in [-0.3, -0.25) is 9.69 Å². The SMILES string of the molecule is CCCC(C)NC(=O)C(C)N1CCc2cccc(N)c2C1. The first kappa shape index (κ1) is 15.8. The van der Waals surface area contributed by atoms with E-state index in [-0.39, 0.29) is 18.0 Å². The maximum Gasteiger partial charge on any atom is 0.237 e. The predicted molar refractivity (Wildman–Crippen MR) is 86.9 cm³/mol. The van der Waals surface area contributed by atoms with Gasteiger partial charge < -0.3 is 11.1 Å². The van der Waals surface area contributed by atoms with Crippen molar-refractivity contribution in [3.8, 4) is 0 Å². The van der Waals surface area contributed by atoms with Crippen molar-refractivity contribution in [2.45, 2.75) is 58.7 Å². The lowest BCUT2D eigenvalue weighted by atomic mass is 9.97. The van der Waals surface area contributed by atoms with Crippen LogP contribution in [0.3, 0.4) is 0 Å². The second kappa shape index (κ2) is 6.94. The Morgan fingerprint density at radius 2 is 2.19 bits per heavy atom. The molecule has 0 aliphatic carbocycles. The molecule has 1 aliphatic heterocycles. The summed E-state index contributed by atoms with van der Waals surface area (Å²) in [4.78, 5) is 14.6. The minimum absolute atomic E-state index is 0.114. The minimum atomic E-state index is -0.114. The van der Waals surface area contributed by atoms with Gasteiger partial charge in [-0.05, 0) is 43.9 Å². The van der Waals surface area contributed by atoms with Gasteiger partial charge in [-0.2, -0.15) is 0 Å². The van der Waals surface area contributed by atoms with Crippen molar-refractivity contribution >= 4 is 11.6 Å². The average Bonchev–Trinajstić information content (AvgIpc) is 2.46. The van der Waals surface area contributed by atoms with E-state index in [4.69, 9.17) is 5.73 Å². The average molecular weight is 289 g/mol. The van der Waals surface area contributed by atoms with E-state index in [1.807, 2.05) is 19.1 Å². The molecule has 116 valence electrons. The molecule has 1 heterocycles. The lowest BCUT2D eigenvalue weighted by Gasteiger charge is -2.34. The maximum absolute atomic E-state index is 12.3. The van der Waals surface area contributed by atoms with E-state index in [2.05, 4.69) is 30.1 Å². The number of nitrogen functional groups attached to an aromatic ring is 1. The molecular weight excluding hydrogens is 262 g/mol. The molecule has 0 aromatic heterocycles. The summed E-state index contributed by atoms with van der Waals surface area (Å²) < 4.78 is 0. The first-order valence-corrected chi connectivity index (χ1v) is 7.93. The summed E-state index contributed by atoms with van der Waals surface area (Å²) in [5.41, 5.74) is 9.41. The first-order chi connectivity index (χ1) is 10.0. The summed E-state index contributed by atoms with van der Waals surface area (Å²) in [6, 6.07) is 6.21. The van der Waals surface area contributed by atoms with Gasteiger partial charge in [0.2, 0.25) is 5.91 Å². The summed E-state index contributed by atoms with van der Waals surface area (Å²) in [6.45, 7) is 7.86. The number of carbonyl (C=O) groups excluding carboxylic acids is 1. The standard InChI is InChI=1S/C17H27N3O/c1-4-6-12(2)19-17(21)13(3)20-10-9-14-7-5-8-16(18)15(14)11-20/h5,7-8,12-13H,4,6,9-11,18H2,1-3H3,(H,19,21). The fourth-order valence-electron chi connectivity index (χ4n) is 2.99.